The lowest BCUT2D eigenvalue weighted by atomic mass is 9.77. The van der Waals surface area contributed by atoms with Gasteiger partial charge in [0.2, 0.25) is 5.82 Å². The molecule has 0 atom stereocenters. The monoisotopic (exact) mass is 781 g/mol. The third-order valence-electron chi connectivity index (χ3n) is 10.9. The zero-order valence-corrected chi connectivity index (χ0v) is 33.7. The molecule has 10 nitrogen and oxygen atoms in total. The Hall–Kier alpha value is -7.20. The number of carbonyl (C=O) groups is 1. The number of allylic oxidation sites excluding steroid dienone is 3. The second-order valence-corrected chi connectivity index (χ2v) is 14.1. The first-order chi connectivity index (χ1) is 29.0. The number of aromatic nitrogens is 4. The lowest BCUT2D eigenvalue weighted by Crippen LogP contribution is -2.45. The summed E-state index contributed by atoms with van der Waals surface area (Å²) in [6.07, 6.45) is 6.23. The minimum atomic E-state index is -0.880. The molecule has 10 heteroatoms. The standard InChI is InChI=1S/C49H47N7O3/c1-5-42-45(58-4)46(44-43(28-19-33-50-44)55(42)48(57)54(6-2)7-3)59-34-35-29-31-36(32-30-35)40-26-17-18-27-41(40)47-51-53-56(52-47)49(37-20-11-8-12-21-37,38-22-13-9-14-23-38)39-24-15-10-16-25-39/h8-33,50H,5-7,34H2,1-4H3. The maximum absolute atomic E-state index is 13.8. The van der Waals surface area contributed by atoms with Crippen molar-refractivity contribution in [1.29, 1.82) is 0 Å². The Bertz CT molecular complexity index is 2440. The van der Waals surface area contributed by atoms with Crippen LogP contribution in [-0.2, 0) is 21.6 Å². The normalized spacial score (nSPS) is 13.8. The van der Waals surface area contributed by atoms with Gasteiger partial charge in [0.05, 0.1) is 18.5 Å². The smallest absolute Gasteiger partial charge is 0.329 e. The summed E-state index contributed by atoms with van der Waals surface area (Å²) in [4.78, 5) is 19.1. The van der Waals surface area contributed by atoms with Crippen LogP contribution in [0.1, 0.15) is 49.4 Å². The number of carbonyl (C=O) groups excluding carboxylic acids is 1. The topological polar surface area (TPSA) is 97.6 Å². The Kier molecular flexibility index (Phi) is 11.2. The van der Waals surface area contributed by atoms with Crippen molar-refractivity contribution in [1.82, 2.24) is 35.3 Å². The van der Waals surface area contributed by atoms with Crippen LogP contribution in [0.3, 0.4) is 0 Å². The molecule has 0 aliphatic carbocycles. The van der Waals surface area contributed by atoms with Gasteiger partial charge in [-0.05, 0) is 71.0 Å². The summed E-state index contributed by atoms with van der Waals surface area (Å²) in [6, 6.07) is 47.4. The van der Waals surface area contributed by atoms with E-state index in [0.717, 1.165) is 50.3 Å². The summed E-state index contributed by atoms with van der Waals surface area (Å²) in [5, 5.41) is 18.0. The van der Waals surface area contributed by atoms with Crippen LogP contribution in [0.2, 0.25) is 0 Å². The fraction of sp³-hybridized carbons (Fsp3) is 0.184. The van der Waals surface area contributed by atoms with Gasteiger partial charge in [0.1, 0.15) is 12.3 Å². The Morgan fingerprint density at radius 2 is 1.31 bits per heavy atom. The van der Waals surface area contributed by atoms with Crippen molar-refractivity contribution in [3.05, 3.63) is 209 Å². The number of amides is 2. The fourth-order valence-electron chi connectivity index (χ4n) is 8.02. The van der Waals surface area contributed by atoms with Crippen molar-refractivity contribution in [2.45, 2.75) is 39.3 Å². The third kappa shape index (κ3) is 7.07. The molecular formula is C49H47N7O3. The molecule has 0 bridgehead atoms. The molecule has 5 aromatic carbocycles. The van der Waals surface area contributed by atoms with Crippen molar-refractivity contribution < 1.29 is 14.3 Å². The number of tetrazole rings is 1. The summed E-state index contributed by atoms with van der Waals surface area (Å²) in [6.45, 7) is 7.46. The number of fused-ring (bicyclic) bond motifs is 1. The van der Waals surface area contributed by atoms with Crippen molar-refractivity contribution in [3.63, 3.8) is 0 Å². The predicted molar refractivity (Wildman–Crippen MR) is 230 cm³/mol. The molecular weight excluding hydrogens is 735 g/mol. The van der Waals surface area contributed by atoms with E-state index in [1.807, 2.05) is 112 Å². The van der Waals surface area contributed by atoms with Crippen LogP contribution in [0.25, 0.3) is 22.5 Å². The minimum Gasteiger partial charge on any atom is -0.491 e. The largest absolute Gasteiger partial charge is 0.491 e. The average molecular weight is 782 g/mol. The third-order valence-corrected chi connectivity index (χ3v) is 10.9. The number of ether oxygens (including phenoxy) is 2. The van der Waals surface area contributed by atoms with Crippen LogP contribution >= 0.6 is 0 Å². The van der Waals surface area contributed by atoms with Crippen LogP contribution in [0, 0.1) is 0 Å². The highest BCUT2D eigenvalue weighted by atomic mass is 16.5. The van der Waals surface area contributed by atoms with E-state index in [-0.39, 0.29) is 12.6 Å². The van der Waals surface area contributed by atoms with Crippen molar-refractivity contribution >= 4 is 6.03 Å². The molecule has 3 heterocycles. The van der Waals surface area contributed by atoms with E-state index >= 15 is 0 Å². The minimum absolute atomic E-state index is 0.0992. The second-order valence-electron chi connectivity index (χ2n) is 14.1. The van der Waals surface area contributed by atoms with Crippen molar-refractivity contribution in [2.24, 2.45) is 0 Å². The molecule has 1 N–H and O–H groups in total. The molecule has 0 unspecified atom stereocenters. The van der Waals surface area contributed by atoms with Crippen LogP contribution in [-0.4, -0.2) is 56.2 Å². The molecule has 0 saturated heterocycles. The van der Waals surface area contributed by atoms with Gasteiger partial charge in [-0.1, -0.05) is 146 Å². The number of dihydropyridines is 1. The van der Waals surface area contributed by atoms with Gasteiger partial charge in [-0.15, -0.1) is 15.0 Å². The molecule has 0 spiro atoms. The van der Waals surface area contributed by atoms with E-state index in [2.05, 4.69) is 72.0 Å². The van der Waals surface area contributed by atoms with Gasteiger partial charge in [0.25, 0.3) is 0 Å². The van der Waals surface area contributed by atoms with Crippen LogP contribution in [0.5, 0.6) is 0 Å². The van der Waals surface area contributed by atoms with Crippen LogP contribution < -0.4 is 5.32 Å². The van der Waals surface area contributed by atoms with E-state index in [9.17, 15) is 4.79 Å². The van der Waals surface area contributed by atoms with Crippen LogP contribution in [0.4, 0.5) is 4.79 Å². The van der Waals surface area contributed by atoms with E-state index in [4.69, 9.17) is 24.9 Å². The van der Waals surface area contributed by atoms with Gasteiger partial charge in [0.15, 0.2) is 17.1 Å². The summed E-state index contributed by atoms with van der Waals surface area (Å²) in [5.41, 5.74) is 8.14. The number of nitrogens with one attached hydrogen (secondary N) is 1. The highest BCUT2D eigenvalue weighted by Gasteiger charge is 2.42. The highest BCUT2D eigenvalue weighted by molar-refractivity contribution is 5.82. The Balaban J connectivity index is 1.11. The van der Waals surface area contributed by atoms with Gasteiger partial charge >= 0.3 is 6.03 Å². The Morgan fingerprint density at radius 3 is 1.86 bits per heavy atom. The van der Waals surface area contributed by atoms with Gasteiger partial charge < -0.3 is 19.7 Å². The molecule has 59 heavy (non-hydrogen) atoms. The molecule has 2 aliphatic rings. The quantitative estimate of drug-likeness (QED) is 0.117. The first-order valence-electron chi connectivity index (χ1n) is 20.1. The molecule has 296 valence electrons. The summed E-state index contributed by atoms with van der Waals surface area (Å²) in [7, 11) is 1.62. The van der Waals surface area contributed by atoms with Crippen LogP contribution in [0.15, 0.2) is 186 Å². The van der Waals surface area contributed by atoms with Gasteiger partial charge in [-0.2, -0.15) is 0 Å². The zero-order valence-electron chi connectivity index (χ0n) is 33.7. The number of rotatable bonds is 13. The lowest BCUT2D eigenvalue weighted by Gasteiger charge is -2.38. The van der Waals surface area contributed by atoms with E-state index < -0.39 is 5.54 Å². The molecule has 6 aromatic rings. The van der Waals surface area contributed by atoms with Crippen molar-refractivity contribution in [3.8, 4) is 22.5 Å². The zero-order chi connectivity index (χ0) is 40.8. The maximum Gasteiger partial charge on any atom is 0.329 e. The molecule has 2 amide bonds. The SMILES string of the molecule is CCC1=C(OC)C(OCc2ccc(-c3ccccc3-c3nnn(C(c4ccccc4)(c4ccccc4)c4ccccc4)n3)cc2)=C2NC=CC=C2N1C(=O)N(CC)CC. The second kappa shape index (κ2) is 17.1. The van der Waals surface area contributed by atoms with E-state index in [0.29, 0.717) is 42.6 Å². The molecule has 0 radical (unpaired) electrons. The first-order valence-corrected chi connectivity index (χ1v) is 20.1. The van der Waals surface area contributed by atoms with Crippen molar-refractivity contribution in [2.75, 3.05) is 20.2 Å². The molecule has 2 aliphatic heterocycles. The van der Waals surface area contributed by atoms with E-state index in [1.165, 1.54) is 0 Å². The number of hydrogen-bond acceptors (Lipinski definition) is 7. The number of urea groups is 1. The highest BCUT2D eigenvalue weighted by Crippen LogP contribution is 2.41. The fourth-order valence-corrected chi connectivity index (χ4v) is 8.02. The number of benzene rings is 5. The molecule has 0 saturated carbocycles. The Morgan fingerprint density at radius 1 is 0.729 bits per heavy atom. The van der Waals surface area contributed by atoms with E-state index in [1.54, 1.807) is 21.7 Å². The summed E-state index contributed by atoms with van der Waals surface area (Å²) < 4.78 is 12.6. The molecule has 0 fully saturated rings. The van der Waals surface area contributed by atoms with Gasteiger partial charge in [-0.3, -0.25) is 4.90 Å². The Labute approximate surface area is 345 Å². The van der Waals surface area contributed by atoms with Gasteiger partial charge in [0, 0.05) is 24.9 Å². The number of nitrogens with zero attached hydrogens (tertiary/aromatic N) is 6. The number of methoxy groups -OCH3 is 1. The first kappa shape index (κ1) is 38.7. The summed E-state index contributed by atoms with van der Waals surface area (Å²) in [5.74, 6) is 1.61. The lowest BCUT2D eigenvalue weighted by molar-refractivity contribution is 0.142. The molecule has 8 rings (SSSR count). The number of hydrogen-bond donors (Lipinski definition) is 1. The predicted octanol–water partition coefficient (Wildman–Crippen LogP) is 9.62. The summed E-state index contributed by atoms with van der Waals surface area (Å²) >= 11 is 0. The van der Waals surface area contributed by atoms with Gasteiger partial charge in [-0.25, -0.2) is 4.79 Å². The molecule has 1 aromatic heterocycles. The maximum atomic E-state index is 13.8. The average Bonchev–Trinajstić information content (AvgIpc) is 3.80.